The van der Waals surface area contributed by atoms with Gasteiger partial charge < -0.3 is 28.4 Å². The number of hydrogen-bond donors (Lipinski definition) is 0. The Kier molecular flexibility index (Phi) is 37.4. The van der Waals surface area contributed by atoms with E-state index < -0.39 is 0 Å². The number of ether oxygens (including phenoxy) is 6. The summed E-state index contributed by atoms with van der Waals surface area (Å²) in [5.41, 5.74) is -3.03. The highest BCUT2D eigenvalue weighted by molar-refractivity contribution is 5.78. The van der Waals surface area contributed by atoms with Gasteiger partial charge in [-0.2, -0.15) is 0 Å². The summed E-state index contributed by atoms with van der Waals surface area (Å²) in [5.74, 6) is 0.892. The Morgan fingerprint density at radius 3 is 0.928 bits per heavy atom. The molecule has 0 aromatic rings. The molecule has 6 rings (SSSR count). The van der Waals surface area contributed by atoms with Crippen molar-refractivity contribution in [3.63, 3.8) is 0 Å². The molecule has 6 fully saturated rings. The first-order chi connectivity index (χ1) is 44.6. The predicted molar refractivity (Wildman–Crippen MR) is 402 cm³/mol. The van der Waals surface area contributed by atoms with Crippen LogP contribution in [0.25, 0.3) is 0 Å². The van der Waals surface area contributed by atoms with Gasteiger partial charge in [0.05, 0.1) is 32.5 Å². The zero-order valence-electron chi connectivity index (χ0n) is 69.0. The average molecular weight is 1370 g/mol. The van der Waals surface area contributed by atoms with E-state index in [9.17, 15) is 28.8 Å². The van der Waals surface area contributed by atoms with Crippen molar-refractivity contribution >= 4 is 35.8 Å². The van der Waals surface area contributed by atoms with Gasteiger partial charge in [-0.05, 0) is 320 Å². The van der Waals surface area contributed by atoms with Gasteiger partial charge >= 0.3 is 35.8 Å². The molecule has 0 atom stereocenters. The maximum absolute atomic E-state index is 12.3. The minimum absolute atomic E-state index is 0.00185. The Morgan fingerprint density at radius 1 is 0.330 bits per heavy atom. The summed E-state index contributed by atoms with van der Waals surface area (Å²) in [6.45, 7) is 57.6. The molecule has 12 heteroatoms. The number of hydrogen-bond acceptors (Lipinski definition) is 12. The number of rotatable bonds is 25. The van der Waals surface area contributed by atoms with Crippen LogP contribution < -0.4 is 0 Å². The molecule has 12 nitrogen and oxygen atoms in total. The molecule has 0 aromatic heterocycles. The predicted octanol–water partition coefficient (Wildman–Crippen LogP) is 24.4. The van der Waals surface area contributed by atoms with E-state index in [0.717, 1.165) is 135 Å². The number of carbonyl (C=O) groups is 6. The van der Waals surface area contributed by atoms with E-state index >= 15 is 0 Å². The molecule has 570 valence electrons. The van der Waals surface area contributed by atoms with Gasteiger partial charge in [-0.15, -0.1) is 0 Å². The minimum Gasteiger partial charge on any atom is -0.459 e. The summed E-state index contributed by atoms with van der Waals surface area (Å²) in [4.78, 5) is 72.8. The van der Waals surface area contributed by atoms with Crippen molar-refractivity contribution in [3.05, 3.63) is 0 Å². The molecule has 0 aromatic carbocycles. The smallest absolute Gasteiger partial charge is 0.312 e. The van der Waals surface area contributed by atoms with Gasteiger partial charge in [-0.3, -0.25) is 28.8 Å². The summed E-state index contributed by atoms with van der Waals surface area (Å²) < 4.78 is 35.2. The average Bonchev–Trinajstić information content (AvgIpc) is 1.79. The van der Waals surface area contributed by atoms with Crippen molar-refractivity contribution in [1.82, 2.24) is 0 Å². The quantitative estimate of drug-likeness (QED) is 0.0630. The summed E-state index contributed by atoms with van der Waals surface area (Å²) >= 11 is 0. The highest BCUT2D eigenvalue weighted by Gasteiger charge is 2.50. The summed E-state index contributed by atoms with van der Waals surface area (Å²) in [6.07, 6.45) is 38.5. The Hall–Kier alpha value is -3.18. The Labute approximate surface area is 598 Å². The maximum Gasteiger partial charge on any atom is 0.312 e. The lowest BCUT2D eigenvalue weighted by atomic mass is 9.74. The first-order valence-corrected chi connectivity index (χ1v) is 40.0. The maximum atomic E-state index is 12.3. The molecule has 0 unspecified atom stereocenters. The van der Waals surface area contributed by atoms with Crippen molar-refractivity contribution < 1.29 is 57.2 Å². The summed E-state index contributed by atoms with van der Waals surface area (Å²) in [5, 5.41) is 0. The zero-order chi connectivity index (χ0) is 74.8. The van der Waals surface area contributed by atoms with Crippen LogP contribution in [0.15, 0.2) is 0 Å². The van der Waals surface area contributed by atoms with Gasteiger partial charge in [-0.1, -0.05) is 117 Å². The summed E-state index contributed by atoms with van der Waals surface area (Å²) in [6, 6.07) is 0. The van der Waals surface area contributed by atoms with Crippen molar-refractivity contribution in [2.45, 2.75) is 459 Å². The van der Waals surface area contributed by atoms with E-state index in [2.05, 4.69) is 76.2 Å². The minimum atomic E-state index is -0.360. The standard InChI is InChI=1S/3C15H28O2.C14H26O2.2C13H24O2/c1-7-14(5,6)12(16)17-15(13(2,3)4)10-8-9-11-15;1-6-14(4,5)13(16)17-15(11-12(2)3)9-7-8-10-15;1-5-7-10-15(11-8-9-12-15)17-13(16)14(3,4)6-2;1-6-13(4,5)12(15)16-14(11(2)3)9-7-8-10-14;1-5-12(2,3)11(14)15-13(4)9-7-6-8-10-13;1-5-12(3,4)11(14)15-13(6-2)9-7-8-10-13/h7-11H2,1-6H3;12H,6-11H2,1-5H3;5-12H2,1-4H3;11H,6-10H2,1-5H3;2*5-10H2,1-4H3. The first kappa shape index (κ1) is 91.8. The van der Waals surface area contributed by atoms with E-state index in [1.54, 1.807) is 0 Å². The second-order valence-corrected chi connectivity index (χ2v) is 36.9. The molecule has 0 spiro atoms. The van der Waals surface area contributed by atoms with Crippen LogP contribution in [0, 0.1) is 49.7 Å². The van der Waals surface area contributed by atoms with Crippen LogP contribution >= 0.6 is 0 Å². The van der Waals surface area contributed by atoms with Gasteiger partial charge in [0.25, 0.3) is 0 Å². The van der Waals surface area contributed by atoms with Crippen LogP contribution in [-0.4, -0.2) is 69.4 Å². The number of carbonyl (C=O) groups excluding carboxylic acids is 6. The lowest BCUT2D eigenvalue weighted by molar-refractivity contribution is -0.183. The molecule has 0 amide bonds. The molecule has 0 heterocycles. The number of esters is 6. The number of unbranched alkanes of at least 4 members (excludes halogenated alkanes) is 1. The third-order valence-electron chi connectivity index (χ3n) is 24.6. The van der Waals surface area contributed by atoms with Gasteiger partial charge in [0.1, 0.15) is 33.6 Å². The highest BCUT2D eigenvalue weighted by Crippen LogP contribution is 2.49. The topological polar surface area (TPSA) is 158 Å². The van der Waals surface area contributed by atoms with Crippen molar-refractivity contribution in [2.75, 3.05) is 0 Å². The van der Waals surface area contributed by atoms with Gasteiger partial charge in [0, 0.05) is 5.41 Å². The van der Waals surface area contributed by atoms with Gasteiger partial charge in [0.15, 0.2) is 0 Å². The molecular formula is C85H158O12. The Morgan fingerprint density at radius 2 is 0.608 bits per heavy atom. The first-order valence-electron chi connectivity index (χ1n) is 40.0. The van der Waals surface area contributed by atoms with Crippen LogP contribution in [0.3, 0.4) is 0 Å². The lowest BCUT2D eigenvalue weighted by Gasteiger charge is -2.42. The second-order valence-electron chi connectivity index (χ2n) is 36.9. The van der Waals surface area contributed by atoms with E-state index in [1.807, 2.05) is 118 Å². The van der Waals surface area contributed by atoms with Gasteiger partial charge in [-0.25, -0.2) is 0 Å². The van der Waals surface area contributed by atoms with Crippen LogP contribution in [0.1, 0.15) is 425 Å². The monoisotopic (exact) mass is 1370 g/mol. The molecule has 97 heavy (non-hydrogen) atoms. The Bertz CT molecular complexity index is 2320. The molecule has 0 aliphatic heterocycles. The highest BCUT2D eigenvalue weighted by atomic mass is 16.6. The second kappa shape index (κ2) is 39.5. The van der Waals surface area contributed by atoms with E-state index in [4.69, 9.17) is 28.4 Å². The summed E-state index contributed by atoms with van der Waals surface area (Å²) in [7, 11) is 0. The van der Waals surface area contributed by atoms with Crippen LogP contribution in [0.4, 0.5) is 0 Å². The molecule has 6 aliphatic carbocycles. The molecule has 6 saturated carbocycles. The molecule has 6 aliphatic rings. The van der Waals surface area contributed by atoms with E-state index in [-0.39, 0.29) is 107 Å². The van der Waals surface area contributed by atoms with Crippen LogP contribution in [0.2, 0.25) is 0 Å². The molecular weight excluding hydrogens is 1210 g/mol. The fourth-order valence-electron chi connectivity index (χ4n) is 13.6. The molecule has 0 N–H and O–H groups in total. The molecule has 0 radical (unpaired) electrons. The van der Waals surface area contributed by atoms with Gasteiger partial charge in [0.2, 0.25) is 0 Å². The fraction of sp³-hybridized carbons (Fsp3) is 0.929. The van der Waals surface area contributed by atoms with Crippen LogP contribution in [0.5, 0.6) is 0 Å². The third kappa shape index (κ3) is 28.5. The molecule has 0 saturated heterocycles. The zero-order valence-corrected chi connectivity index (χ0v) is 69.0. The van der Waals surface area contributed by atoms with E-state index in [1.165, 1.54) is 96.3 Å². The van der Waals surface area contributed by atoms with E-state index in [0.29, 0.717) is 11.8 Å². The fourth-order valence-corrected chi connectivity index (χ4v) is 13.6. The largest absolute Gasteiger partial charge is 0.459 e. The van der Waals surface area contributed by atoms with Crippen molar-refractivity contribution in [3.8, 4) is 0 Å². The SMILES string of the molecule is CCC(C)(C)C(=O)OC1(C(C)(C)C)CCCC1.CCC(C)(C)C(=O)OC1(C(C)C)CCCC1.CCC(C)(C)C(=O)OC1(C)CCCCC1.CCC(C)(C)C(=O)OC1(CC(C)C)CCCC1.CCC1(OC(=O)C(C)(C)CC)CCCC1.CCCCC1(OC(=O)C(C)(C)CC)CCCC1. The third-order valence-corrected chi connectivity index (χ3v) is 24.6. The lowest BCUT2D eigenvalue weighted by Crippen LogP contribution is -2.47. The Balaban J connectivity index is 0.000000582. The molecule has 0 bridgehead atoms. The van der Waals surface area contributed by atoms with Crippen molar-refractivity contribution in [1.29, 1.82) is 0 Å². The normalized spacial score (nSPS) is 20.1. The van der Waals surface area contributed by atoms with Crippen molar-refractivity contribution in [2.24, 2.45) is 49.7 Å². The van der Waals surface area contributed by atoms with Crippen LogP contribution in [-0.2, 0) is 57.2 Å².